The molecular weight excluding hydrogens is 223 g/mol. The topological polar surface area (TPSA) is 35.5 Å². The van der Waals surface area contributed by atoms with Crippen LogP contribution in [0.4, 0.5) is 0 Å². The first-order chi connectivity index (χ1) is 6.63. The zero-order valence-corrected chi connectivity index (χ0v) is 9.75. The number of methoxy groups -OCH3 is 1. The van der Waals surface area contributed by atoms with Crippen molar-refractivity contribution in [3.8, 4) is 5.75 Å². The molecule has 0 radical (unpaired) electrons. The summed E-state index contributed by atoms with van der Waals surface area (Å²) in [6, 6.07) is 7.38. The summed E-state index contributed by atoms with van der Waals surface area (Å²) in [7, 11) is -0.826. The Morgan fingerprint density at radius 2 is 2.21 bits per heavy atom. The Balaban J connectivity index is 2.78. The number of rotatable bonds is 4. The molecule has 0 saturated heterocycles. The highest BCUT2D eigenvalue weighted by Crippen LogP contribution is 2.36. The number of halogens is 1. The number of benzene rings is 1. The van der Waals surface area contributed by atoms with Crippen LogP contribution in [0.15, 0.2) is 24.3 Å². The summed E-state index contributed by atoms with van der Waals surface area (Å²) in [6.07, 6.45) is -0.283. The van der Waals surface area contributed by atoms with Crippen LogP contribution in [0.1, 0.15) is 18.6 Å². The molecule has 0 aliphatic heterocycles. The van der Waals surface area contributed by atoms with E-state index in [-0.39, 0.29) is 6.10 Å². The summed E-state index contributed by atoms with van der Waals surface area (Å²) < 4.78 is 20.7. The Morgan fingerprint density at radius 1 is 1.50 bits per heavy atom. The summed E-state index contributed by atoms with van der Waals surface area (Å²) in [5.41, 5.74) is 0.892. The van der Waals surface area contributed by atoms with E-state index in [2.05, 4.69) is 0 Å². The fourth-order valence-electron chi connectivity index (χ4n) is 1.10. The van der Waals surface area contributed by atoms with E-state index in [1.807, 2.05) is 24.3 Å². The maximum absolute atomic E-state index is 10.7. The highest BCUT2D eigenvalue weighted by atomic mass is 35.7. The second kappa shape index (κ2) is 5.40. The minimum Gasteiger partial charge on any atom is -0.497 e. The molecule has 0 saturated carbocycles. The van der Waals surface area contributed by atoms with Crippen molar-refractivity contribution in [3.05, 3.63) is 29.8 Å². The van der Waals surface area contributed by atoms with Crippen LogP contribution in [0.25, 0.3) is 0 Å². The molecule has 0 heterocycles. The van der Waals surface area contributed by atoms with E-state index in [9.17, 15) is 4.57 Å². The van der Waals surface area contributed by atoms with Crippen molar-refractivity contribution < 1.29 is 13.8 Å². The van der Waals surface area contributed by atoms with E-state index in [0.29, 0.717) is 0 Å². The zero-order chi connectivity index (χ0) is 10.6. The lowest BCUT2D eigenvalue weighted by Crippen LogP contribution is -1.94. The normalized spacial score (nSPS) is 14.8. The molecule has 0 aromatic heterocycles. The highest BCUT2D eigenvalue weighted by molar-refractivity contribution is 7.69. The predicted molar refractivity (Wildman–Crippen MR) is 57.3 cm³/mol. The Morgan fingerprint density at radius 3 is 2.79 bits per heavy atom. The van der Waals surface area contributed by atoms with Crippen LogP contribution in [0.2, 0.25) is 0 Å². The predicted octanol–water partition coefficient (Wildman–Crippen LogP) is 3.40. The van der Waals surface area contributed by atoms with Gasteiger partial charge in [0.15, 0.2) is 0 Å². The van der Waals surface area contributed by atoms with Gasteiger partial charge < -0.3 is 9.26 Å². The van der Waals surface area contributed by atoms with Crippen molar-refractivity contribution in [1.29, 1.82) is 0 Å². The Labute approximate surface area is 88.6 Å². The van der Waals surface area contributed by atoms with Crippen LogP contribution >= 0.6 is 18.6 Å². The van der Waals surface area contributed by atoms with Gasteiger partial charge in [0, 0.05) is 0 Å². The molecule has 0 amide bonds. The lowest BCUT2D eigenvalue weighted by atomic mass is 10.1. The third-order valence-electron chi connectivity index (χ3n) is 1.83. The molecule has 3 nitrogen and oxygen atoms in total. The lowest BCUT2D eigenvalue weighted by molar-refractivity contribution is 0.247. The van der Waals surface area contributed by atoms with Crippen LogP contribution in [0.5, 0.6) is 5.75 Å². The van der Waals surface area contributed by atoms with E-state index in [4.69, 9.17) is 20.5 Å². The van der Waals surface area contributed by atoms with Crippen molar-refractivity contribution in [2.75, 3.05) is 7.11 Å². The molecule has 78 valence electrons. The van der Waals surface area contributed by atoms with Gasteiger partial charge >= 0.3 is 0 Å². The first-order valence-electron chi connectivity index (χ1n) is 4.13. The van der Waals surface area contributed by atoms with E-state index in [1.165, 1.54) is 0 Å². The third-order valence-corrected chi connectivity index (χ3v) is 2.64. The molecule has 1 aromatic carbocycles. The molecule has 1 rings (SSSR count). The van der Waals surface area contributed by atoms with Crippen molar-refractivity contribution in [1.82, 2.24) is 0 Å². The summed E-state index contributed by atoms with van der Waals surface area (Å²) in [4.78, 5) is 0. The second-order valence-corrected chi connectivity index (χ2v) is 4.41. The molecule has 1 aromatic rings. The molecule has 0 N–H and O–H groups in total. The Hall–Kier alpha value is -0.500. The Kier molecular flexibility index (Phi) is 4.46. The van der Waals surface area contributed by atoms with Crippen molar-refractivity contribution in [3.63, 3.8) is 0 Å². The van der Waals surface area contributed by atoms with E-state index < -0.39 is 7.38 Å². The molecule has 0 bridgehead atoms. The minimum atomic E-state index is -2.42. The largest absolute Gasteiger partial charge is 0.497 e. The van der Waals surface area contributed by atoms with Crippen LogP contribution < -0.4 is 4.74 Å². The van der Waals surface area contributed by atoms with E-state index in [1.54, 1.807) is 14.0 Å². The molecule has 0 fully saturated rings. The molecular formula is C9H12ClO3P. The maximum atomic E-state index is 10.7. The number of ether oxygens (including phenoxy) is 1. The zero-order valence-electron chi connectivity index (χ0n) is 7.99. The number of hydrogen-bond acceptors (Lipinski definition) is 3. The summed E-state index contributed by atoms with van der Waals surface area (Å²) in [6.45, 7) is 1.79. The van der Waals surface area contributed by atoms with E-state index >= 15 is 0 Å². The highest BCUT2D eigenvalue weighted by Gasteiger charge is 2.08. The molecule has 5 heteroatoms. The molecule has 2 unspecified atom stereocenters. The minimum absolute atomic E-state index is 0.283. The standard InChI is InChI=1S/C9H12ClO3P/c1-7(13-14(10)11)8-4-3-5-9(6-8)12-2/h3-7,14H,1-2H3. The van der Waals surface area contributed by atoms with Gasteiger partial charge in [-0.15, -0.1) is 0 Å². The number of hydrogen-bond donors (Lipinski definition) is 0. The fourth-order valence-corrected chi connectivity index (χ4v) is 1.92. The van der Waals surface area contributed by atoms with Gasteiger partial charge in [0.05, 0.1) is 13.2 Å². The van der Waals surface area contributed by atoms with Crippen LogP contribution in [0, 0.1) is 0 Å². The van der Waals surface area contributed by atoms with Gasteiger partial charge in [-0.25, -0.2) is 0 Å². The average molecular weight is 235 g/mol. The van der Waals surface area contributed by atoms with Gasteiger partial charge in [0.2, 0.25) is 0 Å². The lowest BCUT2D eigenvalue weighted by Gasteiger charge is -2.11. The Bertz CT molecular complexity index is 330. The quantitative estimate of drug-likeness (QED) is 0.749. The molecule has 0 aliphatic rings. The first kappa shape index (κ1) is 11.6. The van der Waals surface area contributed by atoms with Crippen molar-refractivity contribution >= 4 is 18.6 Å². The van der Waals surface area contributed by atoms with Crippen LogP contribution in [-0.4, -0.2) is 7.11 Å². The molecule has 0 spiro atoms. The summed E-state index contributed by atoms with van der Waals surface area (Å²) in [5.74, 6) is 0.743. The van der Waals surface area contributed by atoms with Gasteiger partial charge in [-0.1, -0.05) is 12.1 Å². The van der Waals surface area contributed by atoms with Gasteiger partial charge in [0.1, 0.15) is 5.75 Å². The second-order valence-electron chi connectivity index (χ2n) is 2.77. The van der Waals surface area contributed by atoms with Crippen LogP contribution in [-0.2, 0) is 9.09 Å². The van der Waals surface area contributed by atoms with Crippen molar-refractivity contribution in [2.24, 2.45) is 0 Å². The average Bonchev–Trinajstić information content (AvgIpc) is 2.17. The SMILES string of the molecule is COc1cccc(C(C)O[PH](=O)Cl)c1. The molecule has 2 atom stereocenters. The smallest absolute Gasteiger partial charge is 0.279 e. The summed E-state index contributed by atoms with van der Waals surface area (Å²) >= 11 is 5.29. The van der Waals surface area contributed by atoms with Crippen LogP contribution in [0.3, 0.4) is 0 Å². The molecule has 14 heavy (non-hydrogen) atoms. The van der Waals surface area contributed by atoms with Crippen molar-refractivity contribution in [2.45, 2.75) is 13.0 Å². The van der Waals surface area contributed by atoms with E-state index in [0.717, 1.165) is 11.3 Å². The van der Waals surface area contributed by atoms with Gasteiger partial charge in [-0.3, -0.25) is 4.57 Å². The van der Waals surface area contributed by atoms with Gasteiger partial charge in [-0.05, 0) is 35.9 Å². The summed E-state index contributed by atoms with van der Waals surface area (Å²) in [5, 5.41) is 0. The molecule has 0 aliphatic carbocycles. The van der Waals surface area contributed by atoms with Gasteiger partial charge in [-0.2, -0.15) is 0 Å². The van der Waals surface area contributed by atoms with Gasteiger partial charge in [0.25, 0.3) is 7.38 Å². The maximum Gasteiger partial charge on any atom is 0.279 e. The fraction of sp³-hybridized carbons (Fsp3) is 0.333. The monoisotopic (exact) mass is 234 g/mol. The third kappa shape index (κ3) is 3.33. The first-order valence-corrected chi connectivity index (χ1v) is 6.46.